The monoisotopic (exact) mass is 290 g/mol. The molecule has 116 valence electrons. The molecule has 3 rings (SSSR count). The first kappa shape index (κ1) is 14.7. The van der Waals surface area contributed by atoms with Crippen molar-refractivity contribution in [1.82, 2.24) is 20.0 Å². The fourth-order valence-corrected chi connectivity index (χ4v) is 3.70. The van der Waals surface area contributed by atoms with E-state index >= 15 is 0 Å². The first-order valence-electron chi connectivity index (χ1n) is 8.28. The molecule has 5 nitrogen and oxygen atoms in total. The maximum atomic E-state index is 12.7. The van der Waals surface area contributed by atoms with E-state index in [4.69, 9.17) is 0 Å². The molecule has 3 heterocycles. The number of nitrogens with zero attached hydrogens (tertiary/aromatic N) is 3. The lowest BCUT2D eigenvalue weighted by Crippen LogP contribution is -2.48. The second kappa shape index (κ2) is 6.71. The van der Waals surface area contributed by atoms with Gasteiger partial charge in [0.25, 0.3) is 0 Å². The maximum absolute atomic E-state index is 12.7. The van der Waals surface area contributed by atoms with Gasteiger partial charge in [-0.05, 0) is 57.8 Å². The van der Waals surface area contributed by atoms with Crippen molar-refractivity contribution >= 4 is 5.78 Å². The largest absolute Gasteiger partial charge is 0.317 e. The van der Waals surface area contributed by atoms with Gasteiger partial charge in [0.15, 0.2) is 5.78 Å². The molecule has 5 heteroatoms. The number of ketones is 1. The van der Waals surface area contributed by atoms with Crippen LogP contribution in [0.2, 0.25) is 0 Å². The van der Waals surface area contributed by atoms with Gasteiger partial charge in [-0.25, -0.2) is 0 Å². The minimum absolute atomic E-state index is 0.137. The predicted molar refractivity (Wildman–Crippen MR) is 82.2 cm³/mol. The SMILES string of the molecule is CCn1cc(CC(=O)C2CCCN2C2CCNCC2)cn1. The molecule has 2 saturated heterocycles. The second-order valence-electron chi connectivity index (χ2n) is 6.22. The highest BCUT2D eigenvalue weighted by Crippen LogP contribution is 2.25. The summed E-state index contributed by atoms with van der Waals surface area (Å²) in [4.78, 5) is 15.2. The van der Waals surface area contributed by atoms with Crippen molar-refractivity contribution in [3.8, 4) is 0 Å². The summed E-state index contributed by atoms with van der Waals surface area (Å²) in [5.74, 6) is 0.377. The molecule has 0 amide bonds. The summed E-state index contributed by atoms with van der Waals surface area (Å²) in [6.07, 6.45) is 8.92. The number of rotatable bonds is 5. The van der Waals surface area contributed by atoms with Gasteiger partial charge in [-0.15, -0.1) is 0 Å². The van der Waals surface area contributed by atoms with Gasteiger partial charge in [0.1, 0.15) is 0 Å². The third-order valence-electron chi connectivity index (χ3n) is 4.83. The fraction of sp³-hybridized carbons (Fsp3) is 0.750. The van der Waals surface area contributed by atoms with E-state index in [0.717, 1.165) is 44.6 Å². The number of aromatic nitrogens is 2. The highest BCUT2D eigenvalue weighted by Gasteiger charge is 2.35. The Morgan fingerprint density at radius 2 is 2.19 bits per heavy atom. The van der Waals surface area contributed by atoms with Crippen LogP contribution in [0.1, 0.15) is 38.2 Å². The number of carbonyl (C=O) groups is 1. The Morgan fingerprint density at radius 1 is 1.38 bits per heavy atom. The molecule has 1 aromatic rings. The van der Waals surface area contributed by atoms with Crippen LogP contribution in [0.15, 0.2) is 12.4 Å². The van der Waals surface area contributed by atoms with E-state index in [1.165, 1.54) is 12.8 Å². The molecule has 1 atom stereocenters. The Kier molecular flexibility index (Phi) is 4.70. The van der Waals surface area contributed by atoms with E-state index in [0.29, 0.717) is 18.2 Å². The van der Waals surface area contributed by atoms with Crippen LogP contribution in [0, 0.1) is 0 Å². The Morgan fingerprint density at radius 3 is 2.90 bits per heavy atom. The highest BCUT2D eigenvalue weighted by molar-refractivity contribution is 5.86. The van der Waals surface area contributed by atoms with Crippen LogP contribution in [-0.4, -0.2) is 52.2 Å². The van der Waals surface area contributed by atoms with Crippen molar-refractivity contribution in [3.05, 3.63) is 18.0 Å². The molecular formula is C16H26N4O. The zero-order valence-electron chi connectivity index (χ0n) is 12.9. The maximum Gasteiger partial charge on any atom is 0.154 e. The quantitative estimate of drug-likeness (QED) is 0.886. The van der Waals surface area contributed by atoms with Crippen molar-refractivity contribution in [3.63, 3.8) is 0 Å². The van der Waals surface area contributed by atoms with E-state index < -0.39 is 0 Å². The molecule has 2 aliphatic heterocycles. The van der Waals surface area contributed by atoms with Crippen molar-refractivity contribution < 1.29 is 4.79 Å². The minimum Gasteiger partial charge on any atom is -0.317 e. The average Bonchev–Trinajstić information content (AvgIpc) is 3.17. The molecule has 0 aromatic carbocycles. The summed E-state index contributed by atoms with van der Waals surface area (Å²) < 4.78 is 1.89. The van der Waals surface area contributed by atoms with E-state index in [2.05, 4.69) is 22.2 Å². The van der Waals surface area contributed by atoms with Gasteiger partial charge in [0, 0.05) is 25.2 Å². The number of likely N-dealkylation sites (tertiary alicyclic amines) is 1. The number of hydrogen-bond acceptors (Lipinski definition) is 4. The number of piperidine rings is 1. The number of nitrogens with one attached hydrogen (secondary N) is 1. The molecule has 2 aliphatic rings. The Labute approximate surface area is 126 Å². The molecule has 1 unspecified atom stereocenters. The first-order valence-corrected chi connectivity index (χ1v) is 8.28. The molecule has 0 radical (unpaired) electrons. The van der Waals surface area contributed by atoms with Gasteiger partial charge in [-0.3, -0.25) is 14.4 Å². The standard InChI is InChI=1S/C16H26N4O/c1-2-19-12-13(11-18-19)10-16(21)15-4-3-9-20(15)14-5-7-17-8-6-14/h11-12,14-15,17H,2-10H2,1H3. The van der Waals surface area contributed by atoms with E-state index in [1.54, 1.807) is 0 Å². The van der Waals surface area contributed by atoms with Gasteiger partial charge in [0.2, 0.25) is 0 Å². The summed E-state index contributed by atoms with van der Waals surface area (Å²) >= 11 is 0. The third kappa shape index (κ3) is 3.35. The first-order chi connectivity index (χ1) is 10.3. The summed E-state index contributed by atoms with van der Waals surface area (Å²) in [5, 5.41) is 7.67. The fourth-order valence-electron chi connectivity index (χ4n) is 3.70. The molecule has 1 N–H and O–H groups in total. The van der Waals surface area contributed by atoms with Gasteiger partial charge in [-0.1, -0.05) is 0 Å². The van der Waals surface area contributed by atoms with E-state index in [1.807, 2.05) is 17.1 Å². The van der Waals surface area contributed by atoms with Crippen molar-refractivity contribution in [2.45, 2.75) is 57.7 Å². The topological polar surface area (TPSA) is 50.2 Å². The van der Waals surface area contributed by atoms with Gasteiger partial charge in [0.05, 0.1) is 12.2 Å². The van der Waals surface area contributed by atoms with E-state index in [-0.39, 0.29) is 6.04 Å². The molecule has 0 aliphatic carbocycles. The van der Waals surface area contributed by atoms with E-state index in [9.17, 15) is 4.79 Å². The Bertz CT molecular complexity index is 478. The zero-order valence-corrected chi connectivity index (χ0v) is 12.9. The smallest absolute Gasteiger partial charge is 0.154 e. The number of Topliss-reactive ketones (excluding diaryl/α,β-unsaturated/α-hetero) is 1. The molecule has 0 saturated carbocycles. The van der Waals surface area contributed by atoms with Crippen LogP contribution in [0.3, 0.4) is 0 Å². The number of aryl methyl sites for hydroxylation is 1. The third-order valence-corrected chi connectivity index (χ3v) is 4.83. The molecule has 0 spiro atoms. The van der Waals surface area contributed by atoms with Crippen LogP contribution in [0.4, 0.5) is 0 Å². The van der Waals surface area contributed by atoms with Gasteiger partial charge in [-0.2, -0.15) is 5.10 Å². The Balaban J connectivity index is 1.62. The van der Waals surface area contributed by atoms with Crippen LogP contribution >= 0.6 is 0 Å². The lowest BCUT2D eigenvalue weighted by molar-refractivity contribution is -0.123. The average molecular weight is 290 g/mol. The van der Waals surface area contributed by atoms with Gasteiger partial charge < -0.3 is 5.32 Å². The van der Waals surface area contributed by atoms with Gasteiger partial charge >= 0.3 is 0 Å². The lowest BCUT2D eigenvalue weighted by Gasteiger charge is -2.35. The summed E-state index contributed by atoms with van der Waals surface area (Å²) in [5.41, 5.74) is 1.05. The molecule has 1 aromatic heterocycles. The van der Waals surface area contributed by atoms with Crippen LogP contribution in [0.5, 0.6) is 0 Å². The molecule has 0 bridgehead atoms. The van der Waals surface area contributed by atoms with Crippen LogP contribution in [-0.2, 0) is 17.8 Å². The summed E-state index contributed by atoms with van der Waals surface area (Å²) in [6, 6.07) is 0.735. The summed E-state index contributed by atoms with van der Waals surface area (Å²) in [7, 11) is 0. The van der Waals surface area contributed by atoms with Crippen molar-refractivity contribution in [2.24, 2.45) is 0 Å². The number of carbonyl (C=O) groups excluding carboxylic acids is 1. The van der Waals surface area contributed by atoms with Crippen molar-refractivity contribution in [2.75, 3.05) is 19.6 Å². The molecule has 2 fully saturated rings. The zero-order chi connectivity index (χ0) is 14.7. The van der Waals surface area contributed by atoms with Crippen LogP contribution in [0.25, 0.3) is 0 Å². The Hall–Kier alpha value is -1.20. The molecule has 21 heavy (non-hydrogen) atoms. The van der Waals surface area contributed by atoms with Crippen molar-refractivity contribution in [1.29, 1.82) is 0 Å². The lowest BCUT2D eigenvalue weighted by atomic mass is 9.99. The second-order valence-corrected chi connectivity index (χ2v) is 6.22. The highest BCUT2D eigenvalue weighted by atomic mass is 16.1. The predicted octanol–water partition coefficient (Wildman–Crippen LogP) is 1.23. The normalized spacial score (nSPS) is 24.5. The number of hydrogen-bond donors (Lipinski definition) is 1. The molecular weight excluding hydrogens is 264 g/mol. The minimum atomic E-state index is 0.137. The summed E-state index contributed by atoms with van der Waals surface area (Å²) in [6.45, 7) is 6.19. The van der Waals surface area contributed by atoms with Crippen LogP contribution < -0.4 is 5.32 Å².